The van der Waals surface area contributed by atoms with Crippen LogP contribution in [0.5, 0.6) is 0 Å². The first kappa shape index (κ1) is 25.0. The van der Waals surface area contributed by atoms with E-state index in [0.717, 1.165) is 40.9 Å². The smallest absolute Gasteiger partial charge is 0.239 e. The van der Waals surface area contributed by atoms with E-state index in [1.165, 1.54) is 0 Å². The lowest BCUT2D eigenvalue weighted by Crippen LogP contribution is -2.40. The van der Waals surface area contributed by atoms with E-state index < -0.39 is 0 Å². The summed E-state index contributed by atoms with van der Waals surface area (Å²) in [5.41, 5.74) is 5.73. The average Bonchev–Trinajstić information content (AvgIpc) is 2.91. The molecule has 1 heterocycles. The molecular formula is C30H32N4O2. The van der Waals surface area contributed by atoms with Crippen molar-refractivity contribution in [1.82, 2.24) is 5.32 Å². The quantitative estimate of drug-likeness (QED) is 0.485. The summed E-state index contributed by atoms with van der Waals surface area (Å²) < 4.78 is 0. The lowest BCUT2D eigenvalue weighted by molar-refractivity contribution is -0.120. The molecule has 6 nitrogen and oxygen atoms in total. The molecule has 0 aromatic heterocycles. The number of nitrogens with zero attached hydrogens (tertiary/aromatic N) is 3. The fraction of sp³-hybridized carbons (Fsp3) is 0.300. The van der Waals surface area contributed by atoms with Crippen molar-refractivity contribution in [3.05, 3.63) is 95.1 Å². The molecule has 1 aliphatic heterocycles. The first-order valence-corrected chi connectivity index (χ1v) is 12.6. The number of carbonyl (C=O) groups excluding carboxylic acids is 2. The lowest BCUT2D eigenvalue weighted by Gasteiger charge is -2.35. The van der Waals surface area contributed by atoms with E-state index in [0.29, 0.717) is 38.0 Å². The van der Waals surface area contributed by atoms with Crippen LogP contribution in [-0.2, 0) is 29.0 Å². The minimum Gasteiger partial charge on any atom is -0.356 e. The molecule has 0 unspecified atom stereocenters. The Morgan fingerprint density at radius 2 is 1.78 bits per heavy atom. The number of para-hydroxylation sites is 1. The van der Waals surface area contributed by atoms with Gasteiger partial charge in [-0.1, -0.05) is 54.6 Å². The molecule has 0 spiro atoms. The Morgan fingerprint density at radius 3 is 2.50 bits per heavy atom. The van der Waals surface area contributed by atoms with Crippen LogP contribution in [0.2, 0.25) is 0 Å². The summed E-state index contributed by atoms with van der Waals surface area (Å²) in [4.78, 5) is 30.1. The minimum absolute atomic E-state index is 0.0412. The number of anilines is 2. The second-order valence-corrected chi connectivity index (χ2v) is 9.04. The maximum atomic E-state index is 13.5. The van der Waals surface area contributed by atoms with Crippen molar-refractivity contribution in [3.63, 3.8) is 0 Å². The first-order valence-electron chi connectivity index (χ1n) is 12.6. The van der Waals surface area contributed by atoms with Crippen molar-refractivity contribution in [1.29, 1.82) is 5.26 Å². The molecule has 36 heavy (non-hydrogen) atoms. The predicted octanol–water partition coefficient (Wildman–Crippen LogP) is 4.61. The Hall–Kier alpha value is -4.11. The van der Waals surface area contributed by atoms with Gasteiger partial charge in [0.1, 0.15) is 0 Å². The van der Waals surface area contributed by atoms with E-state index in [9.17, 15) is 9.59 Å². The molecule has 0 saturated carbocycles. The van der Waals surface area contributed by atoms with Gasteiger partial charge in [0.05, 0.1) is 29.6 Å². The van der Waals surface area contributed by atoms with Crippen LogP contribution in [0.15, 0.2) is 72.8 Å². The number of benzene rings is 3. The van der Waals surface area contributed by atoms with Crippen LogP contribution in [0.25, 0.3) is 0 Å². The van der Waals surface area contributed by atoms with Gasteiger partial charge in [0.25, 0.3) is 0 Å². The second-order valence-electron chi connectivity index (χ2n) is 9.04. The number of likely N-dealkylation sites (N-methyl/N-ethyl adjacent to an activating group) is 1. The fourth-order valence-corrected chi connectivity index (χ4v) is 4.72. The third-order valence-corrected chi connectivity index (χ3v) is 6.47. The Labute approximate surface area is 213 Å². The van der Waals surface area contributed by atoms with Gasteiger partial charge >= 0.3 is 0 Å². The molecule has 0 bridgehead atoms. The highest BCUT2D eigenvalue weighted by Crippen LogP contribution is 2.38. The van der Waals surface area contributed by atoms with Crippen LogP contribution in [0, 0.1) is 11.3 Å². The summed E-state index contributed by atoms with van der Waals surface area (Å²) in [5.74, 6) is 0.0333. The molecule has 6 heteroatoms. The van der Waals surface area contributed by atoms with Gasteiger partial charge in [0.15, 0.2) is 0 Å². The topological polar surface area (TPSA) is 76.4 Å². The third-order valence-electron chi connectivity index (χ3n) is 6.47. The number of fused-ring (bicyclic) bond motifs is 1. The lowest BCUT2D eigenvalue weighted by atomic mass is 9.98. The van der Waals surface area contributed by atoms with E-state index in [1.807, 2.05) is 54.3 Å². The largest absolute Gasteiger partial charge is 0.356 e. The molecule has 0 aliphatic carbocycles. The summed E-state index contributed by atoms with van der Waals surface area (Å²) in [5, 5.41) is 11.9. The van der Waals surface area contributed by atoms with Gasteiger partial charge in [-0.3, -0.25) is 9.59 Å². The monoisotopic (exact) mass is 480 g/mol. The van der Waals surface area contributed by atoms with Gasteiger partial charge < -0.3 is 15.1 Å². The van der Waals surface area contributed by atoms with E-state index in [2.05, 4.69) is 34.5 Å². The molecule has 1 aliphatic rings. The van der Waals surface area contributed by atoms with Crippen molar-refractivity contribution in [3.8, 4) is 6.07 Å². The molecule has 0 saturated heterocycles. The number of carbonyl (C=O) groups is 2. The predicted molar refractivity (Wildman–Crippen MR) is 143 cm³/mol. The second kappa shape index (κ2) is 12.0. The summed E-state index contributed by atoms with van der Waals surface area (Å²) in [6.07, 6.45) is 2.82. The number of nitriles is 1. The Balaban J connectivity index is 1.61. The molecule has 0 radical (unpaired) electrons. The standard InChI is InChI=1S/C30H32N4O2/c1-2-32-28(35)22-33(21-25-8-4-3-5-9-25)27-12-6-10-26-11-7-19-34(30(26)27)29(36)18-17-23-13-15-24(20-31)16-14-23/h3-6,8-10,12-16H,2,7,11,17-19,21-22H2,1H3,(H,32,35). The van der Waals surface area contributed by atoms with Crippen LogP contribution in [-0.4, -0.2) is 31.4 Å². The normalized spacial score (nSPS) is 12.4. The van der Waals surface area contributed by atoms with Crippen molar-refractivity contribution in [2.45, 2.75) is 39.2 Å². The molecule has 1 N–H and O–H groups in total. The molecule has 3 aromatic carbocycles. The Morgan fingerprint density at radius 1 is 1.00 bits per heavy atom. The van der Waals surface area contributed by atoms with Crippen LogP contribution in [0.1, 0.15) is 42.0 Å². The third kappa shape index (κ3) is 6.11. The summed E-state index contributed by atoms with van der Waals surface area (Å²) >= 11 is 0. The van der Waals surface area contributed by atoms with Gasteiger partial charge in [-0.25, -0.2) is 0 Å². The van der Waals surface area contributed by atoms with Crippen LogP contribution in [0.4, 0.5) is 11.4 Å². The van der Waals surface area contributed by atoms with E-state index in [1.54, 1.807) is 12.1 Å². The molecule has 0 fully saturated rings. The Bertz CT molecular complexity index is 1230. The number of aryl methyl sites for hydroxylation is 2. The molecular weight excluding hydrogens is 448 g/mol. The fourth-order valence-electron chi connectivity index (χ4n) is 4.72. The molecule has 184 valence electrons. The van der Waals surface area contributed by atoms with Crippen molar-refractivity contribution in [2.24, 2.45) is 0 Å². The SMILES string of the molecule is CCNC(=O)CN(Cc1ccccc1)c1cccc2c1N(C(=O)CCc1ccc(C#N)cc1)CCC2. The van der Waals surface area contributed by atoms with E-state index in [-0.39, 0.29) is 18.4 Å². The minimum atomic E-state index is -0.0412. The van der Waals surface area contributed by atoms with E-state index >= 15 is 0 Å². The van der Waals surface area contributed by atoms with Crippen LogP contribution in [0.3, 0.4) is 0 Å². The number of rotatable bonds is 9. The van der Waals surface area contributed by atoms with Gasteiger partial charge in [-0.15, -0.1) is 0 Å². The summed E-state index contributed by atoms with van der Waals surface area (Å²) in [7, 11) is 0. The average molecular weight is 481 g/mol. The zero-order valence-electron chi connectivity index (χ0n) is 20.7. The van der Waals surface area contributed by atoms with Crippen molar-refractivity contribution < 1.29 is 9.59 Å². The highest BCUT2D eigenvalue weighted by atomic mass is 16.2. The maximum absolute atomic E-state index is 13.5. The van der Waals surface area contributed by atoms with Crippen LogP contribution < -0.4 is 15.1 Å². The number of amides is 2. The van der Waals surface area contributed by atoms with E-state index in [4.69, 9.17) is 5.26 Å². The summed E-state index contributed by atoms with van der Waals surface area (Å²) in [6.45, 7) is 3.94. The highest BCUT2D eigenvalue weighted by Gasteiger charge is 2.28. The van der Waals surface area contributed by atoms with Crippen LogP contribution >= 0.6 is 0 Å². The number of hydrogen-bond acceptors (Lipinski definition) is 4. The zero-order chi connectivity index (χ0) is 25.3. The van der Waals surface area contributed by atoms with Gasteiger partial charge in [-0.2, -0.15) is 5.26 Å². The first-order chi connectivity index (χ1) is 17.6. The van der Waals surface area contributed by atoms with Gasteiger partial charge in [0.2, 0.25) is 11.8 Å². The zero-order valence-corrected chi connectivity index (χ0v) is 20.7. The molecule has 0 atom stereocenters. The van der Waals surface area contributed by atoms with Crippen molar-refractivity contribution in [2.75, 3.05) is 29.4 Å². The molecule has 2 amide bonds. The molecule has 3 aromatic rings. The number of nitrogens with one attached hydrogen (secondary N) is 1. The Kier molecular flexibility index (Phi) is 8.36. The van der Waals surface area contributed by atoms with Crippen molar-refractivity contribution >= 4 is 23.2 Å². The van der Waals surface area contributed by atoms with Gasteiger partial charge in [0, 0.05) is 26.1 Å². The molecule has 4 rings (SSSR count). The highest BCUT2D eigenvalue weighted by molar-refractivity contribution is 5.99. The summed E-state index contributed by atoms with van der Waals surface area (Å²) in [6, 6.07) is 25.8. The van der Waals surface area contributed by atoms with Gasteiger partial charge in [-0.05, 0) is 61.1 Å². The number of hydrogen-bond donors (Lipinski definition) is 1. The maximum Gasteiger partial charge on any atom is 0.239 e.